The van der Waals surface area contributed by atoms with Crippen LogP contribution in [0.25, 0.3) is 16.9 Å². The molecular formula is C12H8BrFN4. The van der Waals surface area contributed by atoms with Gasteiger partial charge in [-0.3, -0.25) is 4.57 Å². The fourth-order valence-corrected chi connectivity index (χ4v) is 2.18. The molecule has 0 bridgehead atoms. The van der Waals surface area contributed by atoms with Crippen LogP contribution >= 0.6 is 15.9 Å². The van der Waals surface area contributed by atoms with E-state index < -0.39 is 0 Å². The Morgan fingerprint density at radius 2 is 2.11 bits per heavy atom. The van der Waals surface area contributed by atoms with Gasteiger partial charge in [0.05, 0.1) is 10.2 Å². The molecule has 1 aromatic carbocycles. The highest BCUT2D eigenvalue weighted by Crippen LogP contribution is 2.24. The van der Waals surface area contributed by atoms with Crippen molar-refractivity contribution in [3.8, 4) is 5.69 Å². The normalized spacial score (nSPS) is 11.0. The Morgan fingerprint density at radius 1 is 1.28 bits per heavy atom. The van der Waals surface area contributed by atoms with Gasteiger partial charge in [-0.1, -0.05) is 0 Å². The van der Waals surface area contributed by atoms with Crippen LogP contribution in [0.4, 0.5) is 10.3 Å². The largest absolute Gasteiger partial charge is 0.369 e. The molecule has 90 valence electrons. The molecular weight excluding hydrogens is 299 g/mol. The second-order valence-corrected chi connectivity index (χ2v) is 4.60. The highest BCUT2D eigenvalue weighted by atomic mass is 79.9. The van der Waals surface area contributed by atoms with Crippen molar-refractivity contribution in [2.45, 2.75) is 0 Å². The number of fused-ring (bicyclic) bond motifs is 1. The van der Waals surface area contributed by atoms with Crippen molar-refractivity contribution in [2.75, 3.05) is 5.73 Å². The maximum absolute atomic E-state index is 13.2. The van der Waals surface area contributed by atoms with Gasteiger partial charge < -0.3 is 5.73 Å². The number of anilines is 1. The van der Waals surface area contributed by atoms with Gasteiger partial charge in [-0.2, -0.15) is 0 Å². The molecule has 18 heavy (non-hydrogen) atoms. The van der Waals surface area contributed by atoms with E-state index in [1.165, 1.54) is 6.07 Å². The third-order valence-corrected chi connectivity index (χ3v) is 3.21. The fourth-order valence-electron chi connectivity index (χ4n) is 1.81. The van der Waals surface area contributed by atoms with E-state index in [0.29, 0.717) is 27.3 Å². The number of rotatable bonds is 1. The van der Waals surface area contributed by atoms with Gasteiger partial charge in [0.2, 0.25) is 5.95 Å². The molecule has 0 atom stereocenters. The summed E-state index contributed by atoms with van der Waals surface area (Å²) in [5.41, 5.74) is 7.94. The summed E-state index contributed by atoms with van der Waals surface area (Å²) in [5, 5.41) is 0. The molecule has 2 heterocycles. The number of nitrogen functional groups attached to an aromatic ring is 1. The summed E-state index contributed by atoms with van der Waals surface area (Å²) in [6.07, 6.45) is 1.67. The third-order valence-electron chi connectivity index (χ3n) is 2.60. The van der Waals surface area contributed by atoms with Crippen LogP contribution in [0.3, 0.4) is 0 Å². The van der Waals surface area contributed by atoms with E-state index >= 15 is 0 Å². The average Bonchev–Trinajstić information content (AvgIpc) is 2.69. The first-order valence-electron chi connectivity index (χ1n) is 5.21. The minimum Gasteiger partial charge on any atom is -0.369 e. The van der Waals surface area contributed by atoms with Crippen LogP contribution < -0.4 is 5.73 Å². The minimum atomic E-state index is -0.324. The van der Waals surface area contributed by atoms with Crippen molar-refractivity contribution >= 4 is 33.0 Å². The quantitative estimate of drug-likeness (QED) is 0.752. The average molecular weight is 307 g/mol. The molecule has 0 amide bonds. The van der Waals surface area contributed by atoms with Gasteiger partial charge in [0.1, 0.15) is 11.3 Å². The predicted octanol–water partition coefficient (Wildman–Crippen LogP) is 2.90. The molecule has 2 aromatic heterocycles. The highest BCUT2D eigenvalue weighted by Gasteiger charge is 2.11. The Labute approximate surface area is 110 Å². The van der Waals surface area contributed by atoms with Crippen LogP contribution in [0.5, 0.6) is 0 Å². The van der Waals surface area contributed by atoms with Crippen molar-refractivity contribution in [1.29, 1.82) is 0 Å². The molecule has 4 nitrogen and oxygen atoms in total. The lowest BCUT2D eigenvalue weighted by Gasteiger charge is -2.06. The molecule has 0 aliphatic rings. The van der Waals surface area contributed by atoms with Crippen molar-refractivity contribution in [1.82, 2.24) is 14.5 Å². The Morgan fingerprint density at radius 3 is 2.89 bits per heavy atom. The number of imidazole rings is 1. The predicted molar refractivity (Wildman–Crippen MR) is 70.9 cm³/mol. The number of hydrogen-bond acceptors (Lipinski definition) is 3. The fraction of sp³-hybridized carbons (Fsp3) is 0. The summed E-state index contributed by atoms with van der Waals surface area (Å²) in [7, 11) is 0. The first kappa shape index (κ1) is 11.2. The van der Waals surface area contributed by atoms with E-state index in [-0.39, 0.29) is 5.82 Å². The van der Waals surface area contributed by atoms with Gasteiger partial charge in [-0.25, -0.2) is 14.4 Å². The maximum atomic E-state index is 13.2. The van der Waals surface area contributed by atoms with Gasteiger partial charge >= 0.3 is 0 Å². The summed E-state index contributed by atoms with van der Waals surface area (Å²) in [5.74, 6) is -0.00286. The zero-order valence-electron chi connectivity index (χ0n) is 9.14. The van der Waals surface area contributed by atoms with E-state index in [1.807, 2.05) is 6.07 Å². The first-order valence-corrected chi connectivity index (χ1v) is 6.00. The van der Waals surface area contributed by atoms with Crippen molar-refractivity contribution in [3.05, 3.63) is 46.8 Å². The second kappa shape index (κ2) is 4.06. The molecule has 0 aliphatic carbocycles. The van der Waals surface area contributed by atoms with E-state index in [9.17, 15) is 4.39 Å². The monoisotopic (exact) mass is 306 g/mol. The van der Waals surface area contributed by atoms with Crippen LogP contribution in [-0.4, -0.2) is 14.5 Å². The SMILES string of the molecule is Nc1nc2cccnc2n1-c1ccc(F)c(Br)c1. The third kappa shape index (κ3) is 1.65. The first-order chi connectivity index (χ1) is 8.66. The molecule has 6 heteroatoms. The molecule has 0 fully saturated rings. The lowest BCUT2D eigenvalue weighted by atomic mass is 10.3. The number of aromatic nitrogens is 3. The van der Waals surface area contributed by atoms with Crippen LogP contribution in [0.15, 0.2) is 41.0 Å². The highest BCUT2D eigenvalue weighted by molar-refractivity contribution is 9.10. The van der Waals surface area contributed by atoms with Crippen molar-refractivity contribution in [2.24, 2.45) is 0 Å². The summed E-state index contributed by atoms with van der Waals surface area (Å²) < 4.78 is 15.3. The van der Waals surface area contributed by atoms with Gasteiger partial charge in [-0.05, 0) is 46.3 Å². The Bertz CT molecular complexity index is 738. The number of hydrogen-bond donors (Lipinski definition) is 1. The summed E-state index contributed by atoms with van der Waals surface area (Å²) >= 11 is 3.15. The lowest BCUT2D eigenvalue weighted by molar-refractivity contribution is 0.620. The number of nitrogens with zero attached hydrogens (tertiary/aromatic N) is 3. The number of pyridine rings is 1. The Hall–Kier alpha value is -1.95. The topological polar surface area (TPSA) is 56.7 Å². The van der Waals surface area contributed by atoms with Crippen LogP contribution in [0, 0.1) is 5.82 Å². The van der Waals surface area contributed by atoms with E-state index in [2.05, 4.69) is 25.9 Å². The molecule has 2 N–H and O–H groups in total. The molecule has 3 rings (SSSR count). The van der Waals surface area contributed by atoms with Crippen molar-refractivity contribution in [3.63, 3.8) is 0 Å². The number of halogens is 2. The minimum absolute atomic E-state index is 0.321. The van der Waals surface area contributed by atoms with E-state index in [0.717, 1.165) is 0 Å². The zero-order chi connectivity index (χ0) is 12.7. The van der Waals surface area contributed by atoms with Gasteiger partial charge in [0.25, 0.3) is 0 Å². The summed E-state index contributed by atoms with van der Waals surface area (Å²) in [6, 6.07) is 8.26. The lowest BCUT2D eigenvalue weighted by Crippen LogP contribution is -2.01. The summed E-state index contributed by atoms with van der Waals surface area (Å²) in [4.78, 5) is 8.45. The molecule has 0 aliphatic heterocycles. The van der Waals surface area contributed by atoms with Gasteiger partial charge in [0, 0.05) is 6.20 Å². The molecule has 0 saturated carbocycles. The Balaban J connectivity index is 2.30. The van der Waals surface area contributed by atoms with Crippen LogP contribution in [0.1, 0.15) is 0 Å². The number of nitrogens with two attached hydrogens (primary N) is 1. The number of benzene rings is 1. The van der Waals surface area contributed by atoms with Gasteiger partial charge in [-0.15, -0.1) is 0 Å². The molecule has 0 saturated heterocycles. The molecule has 3 aromatic rings. The van der Waals surface area contributed by atoms with Crippen LogP contribution in [-0.2, 0) is 0 Å². The smallest absolute Gasteiger partial charge is 0.207 e. The summed E-state index contributed by atoms with van der Waals surface area (Å²) in [6.45, 7) is 0. The van der Waals surface area contributed by atoms with E-state index in [4.69, 9.17) is 5.73 Å². The second-order valence-electron chi connectivity index (χ2n) is 3.75. The molecule has 0 spiro atoms. The van der Waals surface area contributed by atoms with Crippen molar-refractivity contribution < 1.29 is 4.39 Å². The zero-order valence-corrected chi connectivity index (χ0v) is 10.7. The standard InChI is InChI=1S/C12H8BrFN4/c13-8-6-7(3-4-9(8)14)18-11-10(17-12(18)15)2-1-5-16-11/h1-6H,(H2,15,17). The Kier molecular flexibility index (Phi) is 2.52. The molecule has 0 radical (unpaired) electrons. The van der Waals surface area contributed by atoms with Gasteiger partial charge in [0.15, 0.2) is 5.65 Å². The van der Waals surface area contributed by atoms with Crippen LogP contribution in [0.2, 0.25) is 0 Å². The maximum Gasteiger partial charge on any atom is 0.207 e. The van der Waals surface area contributed by atoms with E-state index in [1.54, 1.807) is 29.0 Å². The molecule has 0 unspecified atom stereocenters.